The summed E-state index contributed by atoms with van der Waals surface area (Å²) < 4.78 is 12.4. The number of rotatable bonds is 5. The number of halogens is 1. The fraction of sp³-hybridized carbons (Fsp3) is 0.581. The smallest absolute Gasteiger partial charge is 0.431 e. The van der Waals surface area contributed by atoms with Gasteiger partial charge in [0.25, 0.3) is 0 Å². The Morgan fingerprint density at radius 1 is 1.02 bits per heavy atom. The number of carbonyl (C=O) groups is 2. The first-order valence-electron chi connectivity index (χ1n) is 19.6. The molecule has 9 heteroatoms. The summed E-state index contributed by atoms with van der Waals surface area (Å²) >= 11 is 6.56. The third-order valence-corrected chi connectivity index (χ3v) is 14.3. The van der Waals surface area contributed by atoms with E-state index in [2.05, 4.69) is 46.9 Å². The molecule has 8 rings (SSSR count). The number of para-hydroxylation sites is 1. The standard InChI is InChI=1S/C43H54ClN4O4/c1-6-39(48-37-10-8-7-9-32(37)40(47-23-21-46(5)22-24-47)45-36-26-29(44)12-16-38(36)48)52-41(50)51-30-17-19-42(3)28(25-30)11-13-31-34-15-14-33(27(2)49)43(34,4)20-18-35(31)42/h7-12,16,26,30-31,33-35,39H,3,6,13-15,17-25H2,1-2,4-5H3/q+1. The van der Waals surface area contributed by atoms with Crippen LogP contribution in [0, 0.1) is 41.4 Å². The van der Waals surface area contributed by atoms with Crippen molar-refractivity contribution in [3.8, 4) is 0 Å². The summed E-state index contributed by atoms with van der Waals surface area (Å²) in [5, 5.41) is 0.604. The minimum atomic E-state index is -0.644. The van der Waals surface area contributed by atoms with Crippen molar-refractivity contribution in [2.45, 2.75) is 90.9 Å². The number of anilines is 2. The van der Waals surface area contributed by atoms with Gasteiger partial charge < -0.3 is 24.2 Å². The molecular weight excluding hydrogens is 672 g/mol. The van der Waals surface area contributed by atoms with Crippen LogP contribution < -0.4 is 4.90 Å². The summed E-state index contributed by atoms with van der Waals surface area (Å²) in [4.78, 5) is 38.3. The monoisotopic (exact) mass is 725 g/mol. The molecule has 6 aliphatic rings. The number of likely N-dealkylation sites (N-methyl/N-ethyl adjacent to an activating group) is 1. The Bertz CT molecular complexity index is 1790. The summed E-state index contributed by atoms with van der Waals surface area (Å²) in [6, 6.07) is 14.0. The van der Waals surface area contributed by atoms with Crippen molar-refractivity contribution < 1.29 is 19.1 Å². The zero-order chi connectivity index (χ0) is 36.4. The van der Waals surface area contributed by atoms with E-state index in [-0.39, 0.29) is 22.9 Å². The van der Waals surface area contributed by atoms with Crippen molar-refractivity contribution in [2.75, 3.05) is 38.1 Å². The Kier molecular flexibility index (Phi) is 9.38. The zero-order valence-corrected chi connectivity index (χ0v) is 32.0. The molecule has 276 valence electrons. The van der Waals surface area contributed by atoms with Crippen LogP contribution in [0.3, 0.4) is 0 Å². The number of fused-ring (bicyclic) bond motifs is 7. The Morgan fingerprint density at radius 3 is 2.58 bits per heavy atom. The molecule has 2 aromatic carbocycles. The van der Waals surface area contributed by atoms with E-state index in [0.717, 1.165) is 99.6 Å². The van der Waals surface area contributed by atoms with Crippen molar-refractivity contribution in [1.29, 1.82) is 0 Å². The molecule has 0 amide bonds. The number of ketones is 1. The molecule has 8 unspecified atom stereocenters. The minimum absolute atomic E-state index is 0.119. The number of hydrogen-bond acceptors (Lipinski definition) is 8. The first-order chi connectivity index (χ1) is 25.0. The molecule has 52 heavy (non-hydrogen) atoms. The average molecular weight is 726 g/mol. The van der Waals surface area contributed by atoms with Gasteiger partial charge in [-0.15, -0.1) is 0 Å². The third kappa shape index (κ3) is 6.02. The molecule has 2 heterocycles. The molecule has 0 aromatic heterocycles. The van der Waals surface area contributed by atoms with Gasteiger partial charge in [0.2, 0.25) is 0 Å². The van der Waals surface area contributed by atoms with E-state index in [4.69, 9.17) is 33.0 Å². The number of aliphatic imine (C=N–C) groups is 1. The number of hydrogen-bond donors (Lipinski definition) is 0. The van der Waals surface area contributed by atoms with Crippen LogP contribution in [0.25, 0.3) is 0 Å². The Balaban J connectivity index is 1.000. The van der Waals surface area contributed by atoms with Crippen LogP contribution in [0.4, 0.5) is 21.9 Å². The van der Waals surface area contributed by atoms with E-state index in [1.165, 1.54) is 5.57 Å². The van der Waals surface area contributed by atoms with Gasteiger partial charge in [-0.1, -0.05) is 43.7 Å². The largest absolute Gasteiger partial charge is 0.510 e. The lowest BCUT2D eigenvalue weighted by atomic mass is 9.47. The number of amidine groups is 1. The van der Waals surface area contributed by atoms with Crippen molar-refractivity contribution in [3.05, 3.63) is 71.6 Å². The van der Waals surface area contributed by atoms with Crippen LogP contribution >= 0.6 is 11.6 Å². The van der Waals surface area contributed by atoms with Gasteiger partial charge in [0.15, 0.2) is 6.23 Å². The van der Waals surface area contributed by atoms with Gasteiger partial charge in [-0.05, 0) is 106 Å². The van der Waals surface area contributed by atoms with Crippen LogP contribution in [0.5, 0.6) is 0 Å². The van der Waals surface area contributed by atoms with Crippen LogP contribution in [0.2, 0.25) is 5.02 Å². The second-order valence-electron chi connectivity index (χ2n) is 16.7. The summed E-state index contributed by atoms with van der Waals surface area (Å²) in [6.07, 6.45) is 9.26. The van der Waals surface area contributed by atoms with E-state index in [1.807, 2.05) is 37.3 Å². The topological polar surface area (TPSA) is 74.7 Å². The van der Waals surface area contributed by atoms with Gasteiger partial charge in [0, 0.05) is 67.9 Å². The highest BCUT2D eigenvalue weighted by Crippen LogP contribution is 2.66. The van der Waals surface area contributed by atoms with Gasteiger partial charge in [-0.2, -0.15) is 0 Å². The van der Waals surface area contributed by atoms with Crippen molar-refractivity contribution >= 4 is 46.4 Å². The van der Waals surface area contributed by atoms with Crippen LogP contribution in [-0.4, -0.2) is 73.1 Å². The van der Waals surface area contributed by atoms with Crippen molar-refractivity contribution in [3.63, 3.8) is 0 Å². The van der Waals surface area contributed by atoms with E-state index >= 15 is 0 Å². The highest BCUT2D eigenvalue weighted by Gasteiger charge is 2.62. The van der Waals surface area contributed by atoms with E-state index < -0.39 is 12.4 Å². The molecule has 0 spiro atoms. The quantitative estimate of drug-likeness (QED) is 0.173. The van der Waals surface area contributed by atoms with Crippen molar-refractivity contribution in [1.82, 2.24) is 9.80 Å². The summed E-state index contributed by atoms with van der Waals surface area (Å²) in [5.74, 6) is 3.15. The molecular formula is C43H54ClN4O4+. The van der Waals surface area contributed by atoms with Crippen LogP contribution in [0.1, 0.15) is 84.1 Å². The maximum absolute atomic E-state index is 13.7. The normalized spacial score (nSPS) is 33.2. The lowest BCUT2D eigenvalue weighted by molar-refractivity contribution is -0.127. The highest BCUT2D eigenvalue weighted by atomic mass is 35.5. The van der Waals surface area contributed by atoms with Crippen LogP contribution in [-0.2, 0) is 14.3 Å². The second kappa shape index (κ2) is 13.7. The Hall–Kier alpha value is -3.49. The van der Waals surface area contributed by atoms with E-state index in [0.29, 0.717) is 41.4 Å². The molecule has 8 atom stereocenters. The van der Waals surface area contributed by atoms with Gasteiger partial charge >= 0.3 is 6.16 Å². The fourth-order valence-corrected chi connectivity index (χ4v) is 11.5. The minimum Gasteiger partial charge on any atom is -0.431 e. The second-order valence-corrected chi connectivity index (χ2v) is 17.2. The van der Waals surface area contributed by atoms with Gasteiger partial charge in [0.05, 0.1) is 24.0 Å². The predicted molar refractivity (Wildman–Crippen MR) is 206 cm³/mol. The average Bonchev–Trinajstić information content (AvgIpc) is 3.42. The molecule has 8 nitrogen and oxygen atoms in total. The number of carbonyl (C=O) groups excluding carboxylic acids is 2. The summed E-state index contributed by atoms with van der Waals surface area (Å²) in [6.45, 7) is 14.8. The number of ether oxygens (including phenoxy) is 2. The molecule has 2 aliphatic heterocycles. The molecule has 4 aliphatic carbocycles. The van der Waals surface area contributed by atoms with Crippen LogP contribution in [0.15, 0.2) is 59.1 Å². The van der Waals surface area contributed by atoms with Gasteiger partial charge in [-0.3, -0.25) is 4.79 Å². The molecule has 0 N–H and O–H groups in total. The maximum Gasteiger partial charge on any atom is 0.510 e. The molecule has 0 radical (unpaired) electrons. The number of allylic oxidation sites excluding steroid dienone is 1. The Labute approximate surface area is 314 Å². The predicted octanol–water partition coefficient (Wildman–Crippen LogP) is 9.36. The number of piperazine rings is 1. The third-order valence-electron chi connectivity index (χ3n) is 14.0. The molecule has 2 aromatic rings. The Morgan fingerprint density at radius 2 is 1.81 bits per heavy atom. The molecule has 4 fully saturated rings. The van der Waals surface area contributed by atoms with E-state index in [9.17, 15) is 9.59 Å². The number of nitrogens with zero attached hydrogens (tertiary/aromatic N) is 4. The summed E-state index contributed by atoms with van der Waals surface area (Å²) in [5.41, 5.74) is 4.84. The lowest BCUT2D eigenvalue weighted by Gasteiger charge is -2.54. The van der Waals surface area contributed by atoms with Gasteiger partial charge in [-0.25, -0.2) is 9.79 Å². The van der Waals surface area contributed by atoms with Crippen molar-refractivity contribution in [2.24, 2.45) is 39.5 Å². The number of benzene rings is 2. The lowest BCUT2D eigenvalue weighted by Crippen LogP contribution is -2.51. The van der Waals surface area contributed by atoms with Gasteiger partial charge in [0.1, 0.15) is 23.1 Å². The molecule has 0 bridgehead atoms. The molecule has 1 saturated heterocycles. The maximum atomic E-state index is 13.7. The fourth-order valence-electron chi connectivity index (χ4n) is 11.3. The number of Topliss-reactive ketones (excluding diaryl/α,β-unsaturated/α-hetero) is 1. The highest BCUT2D eigenvalue weighted by molar-refractivity contribution is 6.31. The first kappa shape index (κ1) is 35.5. The summed E-state index contributed by atoms with van der Waals surface area (Å²) in [7, 11) is 2.15. The zero-order valence-electron chi connectivity index (χ0n) is 31.3. The first-order valence-corrected chi connectivity index (χ1v) is 20.0. The van der Waals surface area contributed by atoms with E-state index in [1.54, 1.807) is 6.92 Å². The molecule has 3 saturated carbocycles. The SMILES string of the molecule is [CH2+]C12CCC(OC(=O)OC(CC)N3c4ccc(Cl)cc4N=C(N4CCN(C)CC4)c4ccccc43)CC1=CCC1C2CCC2(C)C(C(C)=O)CCC12.